The lowest BCUT2D eigenvalue weighted by atomic mass is 9.78. The second kappa shape index (κ2) is 5.74. The van der Waals surface area contributed by atoms with Gasteiger partial charge in [-0.2, -0.15) is 12.6 Å². The molecular weight excluding hydrogens is 293 g/mol. The molecule has 2 nitrogen and oxygen atoms in total. The minimum Gasteiger partial charge on any atom is -0.400 e. The van der Waals surface area contributed by atoms with Gasteiger partial charge >= 0.3 is 7.12 Å². The molecule has 0 N–H and O–H groups in total. The molecule has 0 radical (unpaired) electrons. The summed E-state index contributed by atoms with van der Waals surface area (Å²) in [5.41, 5.74) is -0.529. The fraction of sp³-hybridized carbons (Fsp3) is 0.467. The van der Waals surface area contributed by atoms with Crippen molar-refractivity contribution in [3.8, 4) is 0 Å². The zero-order valence-electron chi connectivity index (χ0n) is 12.6. The van der Waals surface area contributed by atoms with E-state index < -0.39 is 30.0 Å². The molecule has 1 aliphatic heterocycles. The van der Waals surface area contributed by atoms with Gasteiger partial charge < -0.3 is 9.31 Å². The Morgan fingerprint density at radius 2 is 1.62 bits per heavy atom. The van der Waals surface area contributed by atoms with Crippen molar-refractivity contribution in [2.24, 2.45) is 0 Å². The van der Waals surface area contributed by atoms with E-state index in [0.29, 0.717) is 5.47 Å². The highest BCUT2D eigenvalue weighted by Crippen LogP contribution is 2.39. The van der Waals surface area contributed by atoms with Crippen LogP contribution in [-0.2, 0) is 9.31 Å². The number of hydrogen-bond donors (Lipinski definition) is 1. The van der Waals surface area contributed by atoms with Gasteiger partial charge in [0.05, 0.1) is 11.2 Å². The molecule has 1 saturated heterocycles. The van der Waals surface area contributed by atoms with Gasteiger partial charge in [0.25, 0.3) is 0 Å². The highest BCUT2D eigenvalue weighted by molar-refractivity contribution is 7.80. The normalized spacial score (nSPS) is 20.9. The molecule has 21 heavy (non-hydrogen) atoms. The van der Waals surface area contributed by atoms with E-state index >= 15 is 0 Å². The van der Waals surface area contributed by atoms with Crippen LogP contribution in [0.25, 0.3) is 6.08 Å². The Bertz CT molecular complexity index is 537. The number of thiol groups is 1. The zero-order chi connectivity index (χ0) is 15.8. The molecule has 0 atom stereocenters. The van der Waals surface area contributed by atoms with Crippen molar-refractivity contribution in [2.75, 3.05) is 5.75 Å². The Morgan fingerprint density at radius 3 is 2.05 bits per heavy atom. The molecule has 0 spiro atoms. The fourth-order valence-corrected chi connectivity index (χ4v) is 2.26. The first-order valence-electron chi connectivity index (χ1n) is 6.79. The van der Waals surface area contributed by atoms with Gasteiger partial charge in [0, 0.05) is 11.3 Å². The van der Waals surface area contributed by atoms with Crippen molar-refractivity contribution < 1.29 is 18.1 Å². The van der Waals surface area contributed by atoms with E-state index in [4.69, 9.17) is 9.31 Å². The predicted octanol–water partition coefficient (Wildman–Crippen LogP) is 3.91. The molecule has 0 aromatic heterocycles. The van der Waals surface area contributed by atoms with Crippen LogP contribution in [0.2, 0.25) is 0 Å². The van der Waals surface area contributed by atoms with Gasteiger partial charge in [-0.25, -0.2) is 8.78 Å². The lowest BCUT2D eigenvalue weighted by Crippen LogP contribution is -2.41. The Kier molecular flexibility index (Phi) is 4.52. The van der Waals surface area contributed by atoms with Crippen molar-refractivity contribution in [3.05, 3.63) is 40.9 Å². The molecular formula is C15H19BF2O2S. The third-order valence-electron chi connectivity index (χ3n) is 4.07. The van der Waals surface area contributed by atoms with Crippen LogP contribution in [0.4, 0.5) is 8.78 Å². The van der Waals surface area contributed by atoms with E-state index in [9.17, 15) is 8.78 Å². The van der Waals surface area contributed by atoms with Gasteiger partial charge in [-0.3, -0.25) is 0 Å². The molecule has 6 heteroatoms. The average Bonchev–Trinajstić information content (AvgIpc) is 2.58. The van der Waals surface area contributed by atoms with Crippen molar-refractivity contribution in [2.45, 2.75) is 38.9 Å². The maximum absolute atomic E-state index is 13.7. The first-order valence-corrected chi connectivity index (χ1v) is 7.42. The molecule has 1 heterocycles. The SMILES string of the molecule is CC1(C)OB(C(=Cc2c(F)cccc2F)CS)OC1(C)C. The van der Waals surface area contributed by atoms with E-state index in [0.717, 1.165) is 0 Å². The quantitative estimate of drug-likeness (QED) is 0.674. The lowest BCUT2D eigenvalue weighted by molar-refractivity contribution is 0.00578. The van der Waals surface area contributed by atoms with Crippen molar-refractivity contribution in [3.63, 3.8) is 0 Å². The van der Waals surface area contributed by atoms with Gasteiger partial charge in [0.1, 0.15) is 11.6 Å². The largest absolute Gasteiger partial charge is 0.491 e. The Labute approximate surface area is 130 Å². The fourth-order valence-electron chi connectivity index (χ4n) is 2.02. The summed E-state index contributed by atoms with van der Waals surface area (Å²) in [5, 5.41) is 0. The van der Waals surface area contributed by atoms with E-state index in [2.05, 4.69) is 12.6 Å². The van der Waals surface area contributed by atoms with Crippen LogP contribution in [0.3, 0.4) is 0 Å². The summed E-state index contributed by atoms with van der Waals surface area (Å²) in [7, 11) is -0.661. The van der Waals surface area contributed by atoms with Crippen LogP contribution in [0.5, 0.6) is 0 Å². The van der Waals surface area contributed by atoms with Crippen molar-refractivity contribution in [1.82, 2.24) is 0 Å². The minimum absolute atomic E-state index is 0.101. The molecule has 2 rings (SSSR count). The molecule has 0 unspecified atom stereocenters. The van der Waals surface area contributed by atoms with Crippen molar-refractivity contribution in [1.29, 1.82) is 0 Å². The van der Waals surface area contributed by atoms with Crippen LogP contribution >= 0.6 is 12.6 Å². The molecule has 0 amide bonds. The third-order valence-corrected chi connectivity index (χ3v) is 4.43. The zero-order valence-corrected chi connectivity index (χ0v) is 13.5. The van der Waals surface area contributed by atoms with Gasteiger partial charge in [0.2, 0.25) is 0 Å². The van der Waals surface area contributed by atoms with Crippen LogP contribution in [0.15, 0.2) is 23.7 Å². The van der Waals surface area contributed by atoms with E-state index in [1.54, 1.807) is 0 Å². The summed E-state index contributed by atoms with van der Waals surface area (Å²) in [6, 6.07) is 3.77. The molecule has 1 aliphatic rings. The maximum atomic E-state index is 13.7. The molecule has 0 aliphatic carbocycles. The maximum Gasteiger partial charge on any atom is 0.491 e. The van der Waals surface area contributed by atoms with Gasteiger partial charge in [-0.05, 0) is 45.3 Å². The van der Waals surface area contributed by atoms with Gasteiger partial charge in [-0.1, -0.05) is 12.1 Å². The number of benzene rings is 1. The van der Waals surface area contributed by atoms with Gasteiger partial charge in [-0.15, -0.1) is 0 Å². The van der Waals surface area contributed by atoms with Crippen LogP contribution in [0.1, 0.15) is 33.3 Å². The Morgan fingerprint density at radius 1 is 1.14 bits per heavy atom. The lowest BCUT2D eigenvalue weighted by Gasteiger charge is -2.32. The minimum atomic E-state index is -0.661. The summed E-state index contributed by atoms with van der Waals surface area (Å²) < 4.78 is 39.3. The first kappa shape index (κ1) is 16.5. The van der Waals surface area contributed by atoms with Crippen LogP contribution in [-0.4, -0.2) is 24.1 Å². The third kappa shape index (κ3) is 3.17. The number of rotatable bonds is 3. The van der Waals surface area contributed by atoms with Crippen molar-refractivity contribution >= 4 is 25.8 Å². The predicted molar refractivity (Wildman–Crippen MR) is 84.3 cm³/mol. The summed E-state index contributed by atoms with van der Waals surface area (Å²) in [4.78, 5) is 0. The van der Waals surface area contributed by atoms with E-state index in [1.807, 2.05) is 27.7 Å². The Hall–Kier alpha value is -0.845. The molecule has 114 valence electrons. The first-order chi connectivity index (χ1) is 9.68. The Balaban J connectivity index is 2.36. The number of hydrogen-bond acceptors (Lipinski definition) is 3. The molecule has 0 saturated carbocycles. The monoisotopic (exact) mass is 312 g/mol. The van der Waals surface area contributed by atoms with Crippen LogP contribution in [0, 0.1) is 11.6 Å². The summed E-state index contributed by atoms with van der Waals surface area (Å²) in [5.74, 6) is -0.957. The van der Waals surface area contributed by atoms with Crippen LogP contribution < -0.4 is 0 Å². The highest BCUT2D eigenvalue weighted by Gasteiger charge is 2.52. The molecule has 0 bridgehead atoms. The van der Waals surface area contributed by atoms with Gasteiger partial charge in [0.15, 0.2) is 0 Å². The highest BCUT2D eigenvalue weighted by atomic mass is 32.1. The molecule has 1 aromatic carbocycles. The topological polar surface area (TPSA) is 18.5 Å². The smallest absolute Gasteiger partial charge is 0.400 e. The van der Waals surface area contributed by atoms with E-state index in [-0.39, 0.29) is 11.3 Å². The second-order valence-corrected chi connectivity index (χ2v) is 6.42. The van der Waals surface area contributed by atoms with E-state index in [1.165, 1.54) is 24.3 Å². The molecule has 1 fully saturated rings. The number of halogens is 2. The second-order valence-electron chi connectivity index (χ2n) is 6.10. The molecule has 1 aromatic rings. The average molecular weight is 312 g/mol. The summed E-state index contributed by atoms with van der Waals surface area (Å²) in [6.07, 6.45) is 1.42. The summed E-state index contributed by atoms with van der Waals surface area (Å²) >= 11 is 4.23. The standard InChI is InChI=1S/C15H19BF2O2S/c1-14(2)15(3,4)20-16(19-14)10(9-21)8-11-12(17)6-5-7-13(11)18/h5-8,21H,9H2,1-4H3. The summed E-state index contributed by atoms with van der Waals surface area (Å²) in [6.45, 7) is 7.69.